The van der Waals surface area contributed by atoms with Crippen LogP contribution >= 0.6 is 0 Å². The number of nitrogens with zero attached hydrogens (tertiary/aromatic N) is 7. The van der Waals surface area contributed by atoms with E-state index in [-0.39, 0.29) is 5.91 Å². The maximum atomic E-state index is 13.0. The van der Waals surface area contributed by atoms with Crippen LogP contribution in [0.1, 0.15) is 21.9 Å². The van der Waals surface area contributed by atoms with E-state index in [0.717, 1.165) is 5.56 Å². The average Bonchev–Trinajstić information content (AvgIpc) is 2.78. The number of piperazine rings is 1. The van der Waals surface area contributed by atoms with Crippen LogP contribution in [0.15, 0.2) is 49.1 Å². The highest BCUT2D eigenvalue weighted by atomic mass is 16.2. The Morgan fingerprint density at radius 1 is 1.03 bits per heavy atom. The molecule has 1 aliphatic heterocycles. The molecule has 1 N–H and O–H groups in total. The van der Waals surface area contributed by atoms with Gasteiger partial charge < -0.3 is 15.1 Å². The molecule has 0 saturated carbocycles. The predicted octanol–water partition coefficient (Wildman–Crippen LogP) is 1.54. The summed E-state index contributed by atoms with van der Waals surface area (Å²) in [5.41, 5.74) is 1.49. The maximum Gasteiger partial charge on any atom is 0.272 e. The van der Waals surface area contributed by atoms with E-state index in [9.17, 15) is 4.79 Å². The van der Waals surface area contributed by atoms with Gasteiger partial charge in [-0.15, -0.1) is 0 Å². The van der Waals surface area contributed by atoms with E-state index in [4.69, 9.17) is 0 Å². The highest BCUT2D eigenvalue weighted by Crippen LogP contribution is 2.14. The number of carbonyl (C=O) groups is 1. The number of anilines is 2. The SMILES string of the molecule is Cc1nc(NCc2ccncc2)cc(C(=O)N2CCN(c3ncccn3)CC2)n1. The van der Waals surface area contributed by atoms with Crippen molar-refractivity contribution in [1.29, 1.82) is 0 Å². The van der Waals surface area contributed by atoms with Gasteiger partial charge in [0.05, 0.1) is 0 Å². The summed E-state index contributed by atoms with van der Waals surface area (Å²) in [7, 11) is 0. The fourth-order valence-corrected chi connectivity index (χ4v) is 3.19. The number of amides is 1. The Bertz CT molecular complexity index is 959. The third-order valence-electron chi connectivity index (χ3n) is 4.68. The lowest BCUT2D eigenvalue weighted by Gasteiger charge is -2.34. The second kappa shape index (κ2) is 8.59. The third-order valence-corrected chi connectivity index (χ3v) is 4.68. The van der Waals surface area contributed by atoms with E-state index in [1.165, 1.54) is 0 Å². The van der Waals surface area contributed by atoms with Gasteiger partial charge in [-0.2, -0.15) is 0 Å². The van der Waals surface area contributed by atoms with Gasteiger partial charge in [-0.1, -0.05) is 0 Å². The molecule has 1 aliphatic rings. The van der Waals surface area contributed by atoms with Crippen LogP contribution in [0, 0.1) is 6.92 Å². The first-order valence-electron chi connectivity index (χ1n) is 9.49. The van der Waals surface area contributed by atoms with Crippen LogP contribution in [0.25, 0.3) is 0 Å². The van der Waals surface area contributed by atoms with Crippen molar-refractivity contribution in [3.8, 4) is 0 Å². The van der Waals surface area contributed by atoms with E-state index in [2.05, 4.69) is 35.1 Å². The van der Waals surface area contributed by atoms with Gasteiger partial charge in [-0.05, 0) is 30.7 Å². The normalized spacial score (nSPS) is 14.0. The highest BCUT2D eigenvalue weighted by molar-refractivity contribution is 5.93. The van der Waals surface area contributed by atoms with Gasteiger partial charge in [0, 0.05) is 63.6 Å². The maximum absolute atomic E-state index is 13.0. The van der Waals surface area contributed by atoms with Gasteiger partial charge in [-0.3, -0.25) is 9.78 Å². The Kier molecular flexibility index (Phi) is 5.55. The Balaban J connectivity index is 1.40. The fourth-order valence-electron chi connectivity index (χ4n) is 3.19. The summed E-state index contributed by atoms with van der Waals surface area (Å²) >= 11 is 0. The Morgan fingerprint density at radius 3 is 2.48 bits per heavy atom. The molecule has 0 atom stereocenters. The van der Waals surface area contributed by atoms with Crippen molar-refractivity contribution >= 4 is 17.7 Å². The molecule has 0 radical (unpaired) electrons. The van der Waals surface area contributed by atoms with Crippen LogP contribution < -0.4 is 10.2 Å². The fraction of sp³-hybridized carbons (Fsp3) is 0.300. The number of rotatable bonds is 5. The summed E-state index contributed by atoms with van der Waals surface area (Å²) < 4.78 is 0. The van der Waals surface area contributed by atoms with Gasteiger partial charge in [0.25, 0.3) is 5.91 Å². The first-order chi connectivity index (χ1) is 14.2. The molecule has 9 heteroatoms. The smallest absolute Gasteiger partial charge is 0.272 e. The lowest BCUT2D eigenvalue weighted by atomic mass is 10.2. The van der Waals surface area contributed by atoms with Crippen LogP contribution in [0.4, 0.5) is 11.8 Å². The number of nitrogens with one attached hydrogen (secondary N) is 1. The second-order valence-corrected chi connectivity index (χ2v) is 6.72. The van der Waals surface area contributed by atoms with Crippen LogP contribution in [-0.2, 0) is 6.54 Å². The van der Waals surface area contributed by atoms with Gasteiger partial charge in [0.1, 0.15) is 17.3 Å². The van der Waals surface area contributed by atoms with E-state index in [1.807, 2.05) is 17.0 Å². The summed E-state index contributed by atoms with van der Waals surface area (Å²) in [5, 5.41) is 3.25. The first-order valence-corrected chi connectivity index (χ1v) is 9.49. The van der Waals surface area contributed by atoms with Gasteiger partial charge in [-0.25, -0.2) is 19.9 Å². The van der Waals surface area contributed by atoms with Crippen molar-refractivity contribution in [2.24, 2.45) is 0 Å². The molecular formula is C20H22N8O. The van der Waals surface area contributed by atoms with Gasteiger partial charge in [0.2, 0.25) is 5.95 Å². The minimum Gasteiger partial charge on any atom is -0.366 e. The quantitative estimate of drug-likeness (QED) is 0.700. The Morgan fingerprint density at radius 2 is 1.76 bits per heavy atom. The first kappa shape index (κ1) is 18.7. The molecule has 0 spiro atoms. The molecule has 3 aromatic heterocycles. The molecule has 0 aliphatic carbocycles. The zero-order chi connectivity index (χ0) is 20.1. The molecule has 1 fully saturated rings. The average molecular weight is 390 g/mol. The summed E-state index contributed by atoms with van der Waals surface area (Å²) in [6, 6.07) is 7.37. The second-order valence-electron chi connectivity index (χ2n) is 6.72. The minimum absolute atomic E-state index is 0.0870. The number of aromatic nitrogens is 5. The van der Waals surface area contributed by atoms with E-state index in [1.54, 1.807) is 43.8 Å². The summed E-state index contributed by atoms with van der Waals surface area (Å²) in [5.74, 6) is 1.80. The van der Waals surface area contributed by atoms with E-state index < -0.39 is 0 Å². The van der Waals surface area contributed by atoms with Crippen LogP contribution in [0.5, 0.6) is 0 Å². The number of carbonyl (C=O) groups excluding carboxylic acids is 1. The zero-order valence-corrected chi connectivity index (χ0v) is 16.2. The molecule has 0 unspecified atom stereocenters. The van der Waals surface area contributed by atoms with Gasteiger partial charge in [0.15, 0.2) is 0 Å². The molecule has 1 saturated heterocycles. The number of hydrogen-bond donors (Lipinski definition) is 1. The van der Waals surface area contributed by atoms with Crippen molar-refractivity contribution in [3.05, 3.63) is 66.1 Å². The molecule has 0 aromatic carbocycles. The van der Waals surface area contributed by atoms with Crippen molar-refractivity contribution in [1.82, 2.24) is 29.8 Å². The number of aryl methyl sites for hydroxylation is 1. The van der Waals surface area contributed by atoms with Crippen LogP contribution in [-0.4, -0.2) is 61.9 Å². The van der Waals surface area contributed by atoms with Crippen molar-refractivity contribution in [3.63, 3.8) is 0 Å². The molecule has 4 rings (SSSR count). The van der Waals surface area contributed by atoms with Crippen molar-refractivity contribution < 1.29 is 4.79 Å². The zero-order valence-electron chi connectivity index (χ0n) is 16.2. The lowest BCUT2D eigenvalue weighted by molar-refractivity contribution is 0.0740. The lowest BCUT2D eigenvalue weighted by Crippen LogP contribution is -2.49. The number of pyridine rings is 1. The van der Waals surface area contributed by atoms with Crippen LogP contribution in [0.3, 0.4) is 0 Å². The molecule has 0 bridgehead atoms. The predicted molar refractivity (Wildman–Crippen MR) is 108 cm³/mol. The molecule has 9 nitrogen and oxygen atoms in total. The summed E-state index contributed by atoms with van der Waals surface area (Å²) in [6.45, 7) is 4.96. The van der Waals surface area contributed by atoms with Crippen molar-refractivity contribution in [2.45, 2.75) is 13.5 Å². The Hall–Kier alpha value is -3.62. The molecule has 3 aromatic rings. The monoisotopic (exact) mass is 390 g/mol. The summed E-state index contributed by atoms with van der Waals surface area (Å²) in [6.07, 6.45) is 6.95. The number of hydrogen-bond acceptors (Lipinski definition) is 8. The molecule has 4 heterocycles. The van der Waals surface area contributed by atoms with E-state index >= 15 is 0 Å². The molecule has 148 valence electrons. The molecule has 29 heavy (non-hydrogen) atoms. The largest absolute Gasteiger partial charge is 0.366 e. The van der Waals surface area contributed by atoms with Crippen molar-refractivity contribution in [2.75, 3.05) is 36.4 Å². The topological polar surface area (TPSA) is 100 Å². The standard InChI is InChI=1S/C20H22N8O/c1-15-25-17(13-18(26-15)24-14-16-3-7-21-8-4-16)19(29)27-9-11-28(12-10-27)20-22-5-2-6-23-20/h2-8,13H,9-12,14H2,1H3,(H,24,25,26). The minimum atomic E-state index is -0.0870. The van der Waals surface area contributed by atoms with Crippen LogP contribution in [0.2, 0.25) is 0 Å². The highest BCUT2D eigenvalue weighted by Gasteiger charge is 2.24. The van der Waals surface area contributed by atoms with Gasteiger partial charge >= 0.3 is 0 Å². The molecule has 1 amide bonds. The summed E-state index contributed by atoms with van der Waals surface area (Å²) in [4.78, 5) is 38.2. The Labute approximate surface area is 168 Å². The third kappa shape index (κ3) is 4.63. The van der Waals surface area contributed by atoms with E-state index in [0.29, 0.717) is 56.0 Å². The molecular weight excluding hydrogens is 368 g/mol.